The van der Waals surface area contributed by atoms with Gasteiger partial charge in [-0.3, -0.25) is 4.79 Å². The molecule has 5 nitrogen and oxygen atoms in total. The Hall–Kier alpha value is -1.82. The van der Waals surface area contributed by atoms with E-state index >= 15 is 0 Å². The smallest absolute Gasteiger partial charge is 0.277 e. The monoisotopic (exact) mass is 333 g/mol. The number of rotatable bonds is 9. The zero-order valence-electron chi connectivity index (χ0n) is 13.6. The van der Waals surface area contributed by atoms with E-state index in [9.17, 15) is 4.79 Å². The summed E-state index contributed by atoms with van der Waals surface area (Å²) in [7, 11) is 0. The normalized spacial score (nSPS) is 12.1. The molecule has 1 amide bonds. The number of benzene rings is 1. The Morgan fingerprint density at radius 2 is 2.09 bits per heavy atom. The van der Waals surface area contributed by atoms with Gasteiger partial charge in [-0.1, -0.05) is 62.4 Å². The summed E-state index contributed by atoms with van der Waals surface area (Å²) in [4.78, 5) is 11.6. The fourth-order valence-electron chi connectivity index (χ4n) is 2.12. The average molecular weight is 333 g/mol. The van der Waals surface area contributed by atoms with Crippen molar-refractivity contribution in [1.82, 2.24) is 15.5 Å². The van der Waals surface area contributed by atoms with Crippen molar-refractivity contribution in [2.75, 3.05) is 12.3 Å². The number of thioether (sulfide) groups is 1. The van der Waals surface area contributed by atoms with Crippen molar-refractivity contribution in [3.8, 4) is 0 Å². The molecule has 6 heteroatoms. The zero-order chi connectivity index (χ0) is 16.5. The van der Waals surface area contributed by atoms with Gasteiger partial charge in [-0.25, -0.2) is 0 Å². The van der Waals surface area contributed by atoms with Gasteiger partial charge < -0.3 is 9.73 Å². The molecule has 1 heterocycles. The lowest BCUT2D eigenvalue weighted by Crippen LogP contribution is -2.25. The van der Waals surface area contributed by atoms with Gasteiger partial charge in [-0.15, -0.1) is 10.2 Å². The van der Waals surface area contributed by atoms with Crippen LogP contribution in [0.5, 0.6) is 0 Å². The van der Waals surface area contributed by atoms with Crippen LogP contribution in [0.2, 0.25) is 0 Å². The van der Waals surface area contributed by atoms with Gasteiger partial charge in [0.15, 0.2) is 0 Å². The number of amides is 1. The summed E-state index contributed by atoms with van der Waals surface area (Å²) in [6.07, 6.45) is 2.76. The molecule has 0 aliphatic heterocycles. The Balaban J connectivity index is 1.78. The van der Waals surface area contributed by atoms with Crippen LogP contribution in [-0.4, -0.2) is 28.4 Å². The largest absolute Gasteiger partial charge is 0.416 e. The fraction of sp³-hybridized carbons (Fsp3) is 0.471. The van der Waals surface area contributed by atoms with E-state index in [1.54, 1.807) is 0 Å². The van der Waals surface area contributed by atoms with Crippen LogP contribution in [0, 0.1) is 0 Å². The summed E-state index contributed by atoms with van der Waals surface area (Å²) < 4.78 is 5.61. The summed E-state index contributed by atoms with van der Waals surface area (Å²) in [5.41, 5.74) is 1.25. The van der Waals surface area contributed by atoms with Gasteiger partial charge in [0.05, 0.1) is 5.75 Å². The standard InChI is InChI=1S/C17H23N3O2S/c1-3-4-10-18-15(21)12-23-17-20-19-16(22-17)11-13(2)14-8-6-5-7-9-14/h5-9,13H,3-4,10-12H2,1-2H3,(H,18,21). The molecule has 23 heavy (non-hydrogen) atoms. The third-order valence-electron chi connectivity index (χ3n) is 3.48. The minimum atomic E-state index is 0.000790. The Bertz CT molecular complexity index is 601. The molecular weight excluding hydrogens is 310 g/mol. The van der Waals surface area contributed by atoms with Crippen LogP contribution in [0.15, 0.2) is 40.0 Å². The summed E-state index contributed by atoms with van der Waals surface area (Å²) in [6.45, 7) is 4.95. The fourth-order valence-corrected chi connectivity index (χ4v) is 2.73. The maximum absolute atomic E-state index is 11.6. The van der Waals surface area contributed by atoms with Crippen molar-refractivity contribution >= 4 is 17.7 Å². The molecule has 1 aromatic carbocycles. The van der Waals surface area contributed by atoms with E-state index in [-0.39, 0.29) is 5.91 Å². The van der Waals surface area contributed by atoms with Crippen LogP contribution >= 0.6 is 11.8 Å². The molecule has 2 rings (SSSR count). The Morgan fingerprint density at radius 3 is 2.83 bits per heavy atom. The highest BCUT2D eigenvalue weighted by Crippen LogP contribution is 2.22. The molecule has 0 saturated carbocycles. The van der Waals surface area contributed by atoms with Crippen molar-refractivity contribution in [3.63, 3.8) is 0 Å². The van der Waals surface area contributed by atoms with Gasteiger partial charge in [-0.2, -0.15) is 0 Å². The highest BCUT2D eigenvalue weighted by Gasteiger charge is 2.13. The SMILES string of the molecule is CCCCNC(=O)CSc1nnc(CC(C)c2ccccc2)o1. The maximum atomic E-state index is 11.6. The summed E-state index contributed by atoms with van der Waals surface area (Å²) in [5.74, 6) is 1.22. The second-order valence-corrected chi connectivity index (χ2v) is 6.40. The summed E-state index contributed by atoms with van der Waals surface area (Å²) in [5, 5.41) is 11.4. The lowest BCUT2D eigenvalue weighted by atomic mass is 9.98. The molecule has 124 valence electrons. The van der Waals surface area contributed by atoms with Crippen molar-refractivity contribution in [2.24, 2.45) is 0 Å². The minimum Gasteiger partial charge on any atom is -0.416 e. The number of carbonyl (C=O) groups excluding carboxylic acids is 1. The van der Waals surface area contributed by atoms with Crippen LogP contribution in [0.1, 0.15) is 44.1 Å². The number of hydrogen-bond acceptors (Lipinski definition) is 5. The van der Waals surface area contributed by atoms with E-state index in [1.165, 1.54) is 17.3 Å². The minimum absolute atomic E-state index is 0.000790. The number of nitrogens with one attached hydrogen (secondary N) is 1. The molecule has 0 radical (unpaired) electrons. The van der Waals surface area contributed by atoms with Gasteiger partial charge in [0.1, 0.15) is 0 Å². The van der Waals surface area contributed by atoms with E-state index in [4.69, 9.17) is 4.42 Å². The maximum Gasteiger partial charge on any atom is 0.277 e. The number of aromatic nitrogens is 2. The molecule has 2 aromatic rings. The zero-order valence-corrected chi connectivity index (χ0v) is 14.4. The lowest BCUT2D eigenvalue weighted by molar-refractivity contribution is -0.118. The predicted octanol–water partition coefficient (Wildman–Crippen LogP) is 3.42. The van der Waals surface area contributed by atoms with Crippen LogP contribution in [-0.2, 0) is 11.2 Å². The topological polar surface area (TPSA) is 68.0 Å². The van der Waals surface area contributed by atoms with E-state index in [0.29, 0.717) is 29.2 Å². The van der Waals surface area contributed by atoms with Crippen molar-refractivity contribution in [2.45, 2.75) is 44.3 Å². The molecule has 1 aromatic heterocycles. The van der Waals surface area contributed by atoms with E-state index in [0.717, 1.165) is 19.4 Å². The highest BCUT2D eigenvalue weighted by atomic mass is 32.2. The van der Waals surface area contributed by atoms with Gasteiger partial charge in [0.2, 0.25) is 11.8 Å². The molecule has 1 N–H and O–H groups in total. The van der Waals surface area contributed by atoms with Gasteiger partial charge >= 0.3 is 0 Å². The number of hydrogen-bond donors (Lipinski definition) is 1. The van der Waals surface area contributed by atoms with Gasteiger partial charge in [0, 0.05) is 13.0 Å². The highest BCUT2D eigenvalue weighted by molar-refractivity contribution is 7.99. The van der Waals surface area contributed by atoms with Gasteiger partial charge in [-0.05, 0) is 17.9 Å². The lowest BCUT2D eigenvalue weighted by Gasteiger charge is -2.08. The Kier molecular flexibility index (Phi) is 7.13. The predicted molar refractivity (Wildman–Crippen MR) is 91.5 cm³/mol. The second-order valence-electron chi connectivity index (χ2n) is 5.47. The van der Waals surface area contributed by atoms with Crippen molar-refractivity contribution in [3.05, 3.63) is 41.8 Å². The molecule has 0 aliphatic carbocycles. The molecule has 0 fully saturated rings. The Labute approximate surface area is 141 Å². The first-order valence-electron chi connectivity index (χ1n) is 7.96. The average Bonchev–Trinajstić information content (AvgIpc) is 3.01. The van der Waals surface area contributed by atoms with Crippen molar-refractivity contribution in [1.29, 1.82) is 0 Å². The molecular formula is C17H23N3O2S. The van der Waals surface area contributed by atoms with E-state index in [1.807, 2.05) is 18.2 Å². The van der Waals surface area contributed by atoms with Gasteiger partial charge in [0.25, 0.3) is 5.22 Å². The van der Waals surface area contributed by atoms with Crippen LogP contribution < -0.4 is 5.32 Å². The van der Waals surface area contributed by atoms with E-state index in [2.05, 4.69) is 41.5 Å². The first kappa shape index (κ1) is 17.5. The number of carbonyl (C=O) groups is 1. The van der Waals surface area contributed by atoms with Crippen molar-refractivity contribution < 1.29 is 9.21 Å². The molecule has 1 atom stereocenters. The molecule has 0 saturated heterocycles. The summed E-state index contributed by atoms with van der Waals surface area (Å²) >= 11 is 1.28. The molecule has 0 bridgehead atoms. The number of unbranched alkanes of at least 4 members (excludes halogenated alkanes) is 1. The second kappa shape index (κ2) is 9.35. The molecule has 0 aliphatic rings. The van der Waals surface area contributed by atoms with Crippen LogP contribution in [0.25, 0.3) is 0 Å². The molecule has 0 spiro atoms. The van der Waals surface area contributed by atoms with Crippen LogP contribution in [0.4, 0.5) is 0 Å². The third-order valence-corrected chi connectivity index (χ3v) is 4.30. The van der Waals surface area contributed by atoms with Crippen LogP contribution in [0.3, 0.4) is 0 Å². The van der Waals surface area contributed by atoms with E-state index < -0.39 is 0 Å². The first-order valence-corrected chi connectivity index (χ1v) is 8.94. The third kappa shape index (κ3) is 6.06. The first-order chi connectivity index (χ1) is 11.2. The summed E-state index contributed by atoms with van der Waals surface area (Å²) in [6, 6.07) is 10.2. The Morgan fingerprint density at radius 1 is 1.30 bits per heavy atom. The number of nitrogens with zero attached hydrogens (tertiary/aromatic N) is 2. The molecule has 1 unspecified atom stereocenters. The quantitative estimate of drug-likeness (QED) is 0.562.